The minimum atomic E-state index is -6.06. The fourth-order valence-electron chi connectivity index (χ4n) is 2.19. The Balaban J connectivity index is 2.84. The second-order valence-corrected chi connectivity index (χ2v) is 6.49. The molecule has 9 heteroatoms. The number of esters is 1. The van der Waals surface area contributed by atoms with Crippen LogP contribution in [0.4, 0.5) is 22.0 Å². The summed E-state index contributed by atoms with van der Waals surface area (Å²) in [7, 11) is 0. The van der Waals surface area contributed by atoms with Crippen molar-refractivity contribution >= 4 is 11.9 Å². The number of benzene rings is 1. The van der Waals surface area contributed by atoms with Crippen LogP contribution in [0.1, 0.15) is 32.3 Å². The second kappa shape index (κ2) is 9.66. The minimum absolute atomic E-state index is 0.0200. The van der Waals surface area contributed by atoms with Crippen LogP contribution in [0.2, 0.25) is 0 Å². The fraction of sp³-hybridized carbons (Fsp3) is 0.556. The zero-order valence-corrected chi connectivity index (χ0v) is 15.0. The number of alkyl halides is 5. The summed E-state index contributed by atoms with van der Waals surface area (Å²) in [5.41, 5.74) is 0.470. The number of rotatable bonds is 9. The highest BCUT2D eigenvalue weighted by molar-refractivity contribution is 5.89. The number of halogens is 5. The van der Waals surface area contributed by atoms with Crippen LogP contribution in [0.15, 0.2) is 30.3 Å². The van der Waals surface area contributed by atoms with Gasteiger partial charge in [0.25, 0.3) is 0 Å². The topological polar surface area (TPSA) is 55.4 Å². The van der Waals surface area contributed by atoms with E-state index in [-0.39, 0.29) is 13.0 Å². The van der Waals surface area contributed by atoms with Gasteiger partial charge in [-0.25, -0.2) is 4.79 Å². The third kappa shape index (κ3) is 7.15. The quantitative estimate of drug-likeness (QED) is 0.392. The second-order valence-electron chi connectivity index (χ2n) is 6.49. The van der Waals surface area contributed by atoms with Gasteiger partial charge in [-0.1, -0.05) is 44.2 Å². The van der Waals surface area contributed by atoms with Crippen molar-refractivity contribution < 1.29 is 36.3 Å². The Labute approximate surface area is 154 Å². The van der Waals surface area contributed by atoms with Gasteiger partial charge >= 0.3 is 24.0 Å². The van der Waals surface area contributed by atoms with Gasteiger partial charge in [0.2, 0.25) is 0 Å². The molecule has 1 rings (SSSR count). The van der Waals surface area contributed by atoms with Gasteiger partial charge in [-0.05, 0) is 24.3 Å². The largest absolute Gasteiger partial charge is 0.464 e. The van der Waals surface area contributed by atoms with Crippen LogP contribution in [-0.2, 0) is 20.7 Å². The normalized spacial score (nSPS) is 13.3. The highest BCUT2D eigenvalue weighted by Crippen LogP contribution is 2.35. The van der Waals surface area contributed by atoms with E-state index in [1.165, 1.54) is 5.32 Å². The first-order valence-corrected chi connectivity index (χ1v) is 8.41. The van der Waals surface area contributed by atoms with Gasteiger partial charge in [-0.15, -0.1) is 0 Å². The summed E-state index contributed by atoms with van der Waals surface area (Å²) in [6, 6.07) is 6.31. The molecule has 0 aromatic heterocycles. The van der Waals surface area contributed by atoms with Gasteiger partial charge in [0.05, 0.1) is 6.61 Å². The lowest BCUT2D eigenvalue weighted by Crippen LogP contribution is -2.55. The zero-order chi connectivity index (χ0) is 20.7. The predicted octanol–water partition coefficient (Wildman–Crippen LogP) is 3.89. The van der Waals surface area contributed by atoms with Crippen LogP contribution in [0.5, 0.6) is 0 Å². The lowest BCUT2D eigenvalue weighted by atomic mass is 10.1. The van der Waals surface area contributed by atoms with Gasteiger partial charge in [0.15, 0.2) is 0 Å². The van der Waals surface area contributed by atoms with E-state index in [9.17, 15) is 31.5 Å². The Morgan fingerprint density at radius 2 is 1.67 bits per heavy atom. The van der Waals surface area contributed by atoms with E-state index in [1.807, 2.05) is 13.8 Å². The van der Waals surface area contributed by atoms with Gasteiger partial charge in [0.1, 0.15) is 6.04 Å². The minimum Gasteiger partial charge on any atom is -0.464 e. The molecule has 1 unspecified atom stereocenters. The molecule has 1 aromatic carbocycles. The van der Waals surface area contributed by atoms with Crippen molar-refractivity contribution in [1.82, 2.24) is 5.32 Å². The Hall–Kier alpha value is -2.19. The average Bonchev–Trinajstić information content (AvgIpc) is 2.57. The highest BCUT2D eigenvalue weighted by atomic mass is 19.4. The van der Waals surface area contributed by atoms with Crippen LogP contribution in [-0.4, -0.2) is 36.6 Å². The maximum atomic E-state index is 13.2. The summed E-state index contributed by atoms with van der Waals surface area (Å²) in [5.74, 6) is -8.90. The maximum Gasteiger partial charge on any atom is 0.463 e. The van der Waals surface area contributed by atoms with Crippen molar-refractivity contribution in [1.29, 1.82) is 0 Å². The van der Waals surface area contributed by atoms with Gasteiger partial charge in [0, 0.05) is 6.42 Å². The molecule has 0 fully saturated rings. The molecule has 4 nitrogen and oxygen atoms in total. The Morgan fingerprint density at radius 3 is 2.19 bits per heavy atom. The van der Waals surface area contributed by atoms with Gasteiger partial charge in [-0.3, -0.25) is 4.79 Å². The molecule has 1 amide bonds. The number of nitrogens with one attached hydrogen (secondary N) is 1. The summed E-state index contributed by atoms with van der Waals surface area (Å²) < 4.78 is 68.4. The number of hydrogen-bond acceptors (Lipinski definition) is 3. The van der Waals surface area contributed by atoms with E-state index in [1.54, 1.807) is 30.3 Å². The molecule has 0 radical (unpaired) electrons. The van der Waals surface area contributed by atoms with Crippen LogP contribution in [0, 0.1) is 5.92 Å². The van der Waals surface area contributed by atoms with Crippen molar-refractivity contribution in [2.24, 2.45) is 5.92 Å². The van der Waals surface area contributed by atoms with Crippen molar-refractivity contribution in [3.05, 3.63) is 35.9 Å². The van der Waals surface area contributed by atoms with Gasteiger partial charge < -0.3 is 10.1 Å². The molecule has 0 bridgehead atoms. The third-order valence-electron chi connectivity index (χ3n) is 3.68. The van der Waals surface area contributed by atoms with E-state index < -0.39 is 30.0 Å². The Morgan fingerprint density at radius 1 is 1.07 bits per heavy atom. The van der Waals surface area contributed by atoms with Crippen LogP contribution < -0.4 is 5.32 Å². The monoisotopic (exact) mass is 395 g/mol. The molecule has 0 aliphatic heterocycles. The van der Waals surface area contributed by atoms with E-state index >= 15 is 0 Å². The molecule has 1 aromatic rings. The molecule has 0 spiro atoms. The van der Waals surface area contributed by atoms with E-state index in [0.717, 1.165) is 6.42 Å². The van der Waals surface area contributed by atoms with E-state index in [2.05, 4.69) is 0 Å². The molecule has 0 aliphatic carbocycles. The summed E-state index contributed by atoms with van der Waals surface area (Å²) in [4.78, 5) is 23.6. The smallest absolute Gasteiger partial charge is 0.463 e. The molecular formula is C18H22F5NO3. The van der Waals surface area contributed by atoms with E-state index in [0.29, 0.717) is 17.9 Å². The molecule has 0 saturated carbocycles. The van der Waals surface area contributed by atoms with Crippen molar-refractivity contribution in [2.75, 3.05) is 6.61 Å². The van der Waals surface area contributed by atoms with Crippen molar-refractivity contribution in [3.8, 4) is 0 Å². The molecule has 1 N–H and O–H groups in total. The van der Waals surface area contributed by atoms with Crippen molar-refractivity contribution in [3.63, 3.8) is 0 Å². The number of ether oxygens (including phenoxy) is 1. The SMILES string of the molecule is CC(C)CCCOC(=O)C(Cc1ccccc1)NC(=O)C(F)(F)C(F)(F)F. The first-order valence-electron chi connectivity index (χ1n) is 8.41. The van der Waals surface area contributed by atoms with Crippen molar-refractivity contribution in [2.45, 2.75) is 51.3 Å². The Kier molecular flexibility index (Phi) is 8.18. The zero-order valence-electron chi connectivity index (χ0n) is 15.0. The summed E-state index contributed by atoms with van der Waals surface area (Å²) in [5, 5.41) is 1.48. The molecule has 27 heavy (non-hydrogen) atoms. The molecule has 0 aliphatic rings. The highest BCUT2D eigenvalue weighted by Gasteiger charge is 2.63. The summed E-state index contributed by atoms with van der Waals surface area (Å²) in [6.45, 7) is 3.90. The lowest BCUT2D eigenvalue weighted by Gasteiger charge is -2.23. The van der Waals surface area contributed by atoms with Crippen LogP contribution in [0.25, 0.3) is 0 Å². The fourth-order valence-corrected chi connectivity index (χ4v) is 2.19. The average molecular weight is 395 g/mol. The first-order chi connectivity index (χ1) is 12.4. The first kappa shape index (κ1) is 22.9. The number of carbonyl (C=O) groups is 2. The van der Waals surface area contributed by atoms with E-state index in [4.69, 9.17) is 4.74 Å². The number of hydrogen-bond donors (Lipinski definition) is 1. The number of carbonyl (C=O) groups excluding carboxylic acids is 2. The molecule has 152 valence electrons. The predicted molar refractivity (Wildman–Crippen MR) is 88.1 cm³/mol. The third-order valence-corrected chi connectivity index (χ3v) is 3.68. The van der Waals surface area contributed by atoms with Gasteiger partial charge in [-0.2, -0.15) is 22.0 Å². The lowest BCUT2D eigenvalue weighted by molar-refractivity contribution is -0.270. The summed E-state index contributed by atoms with van der Waals surface area (Å²) >= 11 is 0. The molecule has 0 heterocycles. The van der Waals surface area contributed by atoms with Crippen LogP contribution in [0.3, 0.4) is 0 Å². The molecular weight excluding hydrogens is 373 g/mol. The number of amides is 1. The maximum absolute atomic E-state index is 13.2. The standard InChI is InChI=1S/C18H22F5NO3/c1-12(2)7-6-10-27-15(25)14(11-13-8-4-3-5-9-13)24-16(26)17(19,20)18(21,22)23/h3-5,8-9,12,14H,6-7,10-11H2,1-2H3,(H,24,26). The molecule has 0 saturated heterocycles. The Bertz CT molecular complexity index is 617. The van der Waals surface area contributed by atoms with Crippen LogP contribution >= 0.6 is 0 Å². The summed E-state index contributed by atoms with van der Waals surface area (Å²) in [6.07, 6.45) is -5.08. The molecule has 1 atom stereocenters.